The highest BCUT2D eigenvalue weighted by atomic mass is 16.5. The van der Waals surface area contributed by atoms with Gasteiger partial charge in [0.1, 0.15) is 6.10 Å². The Morgan fingerprint density at radius 1 is 0.460 bits per heavy atom. The van der Waals surface area contributed by atoms with Crippen LogP contribution in [0.1, 0.15) is 235 Å². The van der Waals surface area contributed by atoms with E-state index in [4.69, 9.17) is 4.74 Å². The van der Waals surface area contributed by atoms with Gasteiger partial charge in [0, 0.05) is 30.3 Å². The lowest BCUT2D eigenvalue weighted by atomic mass is 9.85. The third-order valence-electron chi connectivity index (χ3n) is 10.5. The molecule has 0 rings (SSSR count). The van der Waals surface area contributed by atoms with Crippen molar-refractivity contribution in [2.24, 2.45) is 10.8 Å². The molecule has 2 amide bonds. The average molecular weight is 707 g/mol. The fourth-order valence-electron chi connectivity index (χ4n) is 6.69. The summed E-state index contributed by atoms with van der Waals surface area (Å²) in [4.78, 5) is 38.2. The predicted octanol–water partition coefficient (Wildman–Crippen LogP) is 12.6. The van der Waals surface area contributed by atoms with Crippen LogP contribution in [0.2, 0.25) is 0 Å². The molecule has 0 aromatic rings. The van der Waals surface area contributed by atoms with Gasteiger partial charge in [0.05, 0.1) is 0 Å². The smallest absolute Gasteiger partial charge is 0.306 e. The third kappa shape index (κ3) is 28.1. The van der Waals surface area contributed by atoms with E-state index in [1.807, 2.05) is 0 Å². The Kier molecular flexibility index (Phi) is 31.1. The molecule has 0 saturated carbocycles. The molecule has 50 heavy (non-hydrogen) atoms. The SMILES string of the molecule is CCCCCCCCCCNC(=O)C(C)(C)CCCCCC(CCCCCC(C)(C)C(=O)NCCCCCCCCCC)OC(=O)CCCC. The lowest BCUT2D eigenvalue weighted by Gasteiger charge is -2.24. The molecule has 296 valence electrons. The van der Waals surface area contributed by atoms with Crippen LogP contribution in [0.3, 0.4) is 0 Å². The summed E-state index contributed by atoms with van der Waals surface area (Å²) in [5.74, 6) is 0.278. The molecule has 0 aromatic heterocycles. The quantitative estimate of drug-likeness (QED) is 0.0502. The van der Waals surface area contributed by atoms with Gasteiger partial charge in [-0.1, -0.05) is 170 Å². The van der Waals surface area contributed by atoms with E-state index in [2.05, 4.69) is 59.1 Å². The first-order valence-corrected chi connectivity index (χ1v) is 21.8. The van der Waals surface area contributed by atoms with Crippen LogP contribution >= 0.6 is 0 Å². The van der Waals surface area contributed by atoms with Crippen molar-refractivity contribution >= 4 is 17.8 Å². The number of ether oxygens (including phenoxy) is 1. The predicted molar refractivity (Wildman–Crippen MR) is 214 cm³/mol. The van der Waals surface area contributed by atoms with Gasteiger partial charge in [-0.3, -0.25) is 14.4 Å². The van der Waals surface area contributed by atoms with Gasteiger partial charge in [-0.2, -0.15) is 0 Å². The van der Waals surface area contributed by atoms with Crippen LogP contribution in [0.4, 0.5) is 0 Å². The van der Waals surface area contributed by atoms with E-state index in [1.165, 1.54) is 89.9 Å². The molecule has 0 aliphatic carbocycles. The Morgan fingerprint density at radius 3 is 1.18 bits per heavy atom. The highest BCUT2D eigenvalue weighted by molar-refractivity contribution is 5.82. The molecular formula is C44H86N2O4. The number of hydrogen-bond donors (Lipinski definition) is 2. The number of carbonyl (C=O) groups excluding carboxylic acids is 3. The largest absolute Gasteiger partial charge is 0.462 e. The van der Waals surface area contributed by atoms with Crippen LogP contribution in [0, 0.1) is 10.8 Å². The minimum Gasteiger partial charge on any atom is -0.462 e. The summed E-state index contributed by atoms with van der Waals surface area (Å²) in [6, 6.07) is 0. The van der Waals surface area contributed by atoms with E-state index in [1.54, 1.807) is 0 Å². The number of esters is 1. The first kappa shape index (κ1) is 48.4. The lowest BCUT2D eigenvalue weighted by molar-refractivity contribution is -0.150. The Labute approximate surface area is 311 Å². The van der Waals surface area contributed by atoms with E-state index >= 15 is 0 Å². The maximum atomic E-state index is 12.8. The van der Waals surface area contributed by atoms with Gasteiger partial charge in [-0.25, -0.2) is 0 Å². The van der Waals surface area contributed by atoms with Crippen LogP contribution in [0.25, 0.3) is 0 Å². The Bertz CT molecular complexity index is 769. The molecule has 0 aliphatic rings. The molecule has 0 spiro atoms. The first-order valence-electron chi connectivity index (χ1n) is 21.8. The number of unbranched alkanes of at least 4 members (excludes halogenated alkanes) is 19. The van der Waals surface area contributed by atoms with Crippen molar-refractivity contribution in [2.45, 2.75) is 241 Å². The van der Waals surface area contributed by atoms with Gasteiger partial charge in [-0.05, 0) is 57.8 Å². The second-order valence-electron chi connectivity index (χ2n) is 16.6. The Hall–Kier alpha value is -1.59. The zero-order chi connectivity index (χ0) is 37.4. The van der Waals surface area contributed by atoms with Crippen LogP contribution in [0.5, 0.6) is 0 Å². The fraction of sp³-hybridized carbons (Fsp3) is 0.932. The number of nitrogens with one attached hydrogen (secondary N) is 2. The van der Waals surface area contributed by atoms with Crippen molar-refractivity contribution in [1.29, 1.82) is 0 Å². The second kappa shape index (κ2) is 32.1. The Balaban J connectivity index is 4.36. The number of hydrogen-bond acceptors (Lipinski definition) is 4. The molecule has 0 fully saturated rings. The first-order chi connectivity index (χ1) is 24.0. The zero-order valence-electron chi connectivity index (χ0n) is 34.6. The van der Waals surface area contributed by atoms with E-state index in [0.29, 0.717) is 6.42 Å². The van der Waals surface area contributed by atoms with Crippen LogP contribution in [0.15, 0.2) is 0 Å². The topological polar surface area (TPSA) is 84.5 Å². The van der Waals surface area contributed by atoms with Gasteiger partial charge < -0.3 is 15.4 Å². The van der Waals surface area contributed by atoms with Crippen LogP contribution < -0.4 is 10.6 Å². The molecule has 0 heterocycles. The summed E-state index contributed by atoms with van der Waals surface area (Å²) in [6.07, 6.45) is 32.3. The van der Waals surface area contributed by atoms with Gasteiger partial charge in [0.15, 0.2) is 0 Å². The lowest BCUT2D eigenvalue weighted by Crippen LogP contribution is -2.37. The maximum absolute atomic E-state index is 12.8. The summed E-state index contributed by atoms with van der Waals surface area (Å²) in [5.41, 5.74) is -0.713. The van der Waals surface area contributed by atoms with E-state index in [9.17, 15) is 14.4 Å². The molecule has 0 aliphatic heterocycles. The maximum Gasteiger partial charge on any atom is 0.306 e. The minimum atomic E-state index is -0.357. The molecule has 0 saturated heterocycles. The van der Waals surface area contributed by atoms with E-state index in [-0.39, 0.29) is 34.7 Å². The molecule has 0 radical (unpaired) electrons. The fourth-order valence-corrected chi connectivity index (χ4v) is 6.69. The molecule has 0 unspecified atom stereocenters. The molecule has 6 nitrogen and oxygen atoms in total. The van der Waals surface area contributed by atoms with Crippen molar-refractivity contribution in [1.82, 2.24) is 10.6 Å². The zero-order valence-corrected chi connectivity index (χ0v) is 34.6. The highest BCUT2D eigenvalue weighted by Crippen LogP contribution is 2.27. The molecule has 2 N–H and O–H groups in total. The average Bonchev–Trinajstić information content (AvgIpc) is 3.08. The summed E-state index contributed by atoms with van der Waals surface area (Å²) in [5, 5.41) is 6.37. The molecule has 0 bridgehead atoms. The van der Waals surface area contributed by atoms with E-state index < -0.39 is 0 Å². The van der Waals surface area contributed by atoms with Crippen molar-refractivity contribution in [3.05, 3.63) is 0 Å². The van der Waals surface area contributed by atoms with Crippen molar-refractivity contribution in [3.63, 3.8) is 0 Å². The van der Waals surface area contributed by atoms with Crippen LogP contribution in [-0.2, 0) is 19.1 Å². The van der Waals surface area contributed by atoms with Gasteiger partial charge >= 0.3 is 5.97 Å². The summed E-state index contributed by atoms with van der Waals surface area (Å²) < 4.78 is 5.95. The standard InChI is InChI=1S/C44H86N2O4/c1-8-11-14-16-18-20-22-30-37-45-41(48)43(4,5)35-28-24-26-32-39(50-40(47)34-13-10-3)33-27-25-29-36-44(6,7)42(49)46-38-31-23-21-19-17-15-12-9-2/h39H,8-38H2,1-7H3,(H,45,48)(H,46,49). The van der Waals surface area contributed by atoms with Gasteiger partial charge in [0.2, 0.25) is 11.8 Å². The Morgan fingerprint density at radius 2 is 0.800 bits per heavy atom. The second-order valence-corrected chi connectivity index (χ2v) is 16.6. The number of carbonyl (C=O) groups is 3. The number of amides is 2. The van der Waals surface area contributed by atoms with Gasteiger partial charge in [-0.15, -0.1) is 0 Å². The normalized spacial score (nSPS) is 12.0. The molecular weight excluding hydrogens is 620 g/mol. The van der Waals surface area contributed by atoms with E-state index in [0.717, 1.165) is 103 Å². The summed E-state index contributed by atoms with van der Waals surface area (Å²) in [7, 11) is 0. The van der Waals surface area contributed by atoms with Crippen molar-refractivity contribution in [3.8, 4) is 0 Å². The van der Waals surface area contributed by atoms with Gasteiger partial charge in [0.25, 0.3) is 0 Å². The highest BCUT2D eigenvalue weighted by Gasteiger charge is 2.27. The minimum absolute atomic E-state index is 0.0368. The molecule has 0 atom stereocenters. The summed E-state index contributed by atoms with van der Waals surface area (Å²) in [6.45, 7) is 16.4. The van der Waals surface area contributed by atoms with Crippen molar-refractivity contribution in [2.75, 3.05) is 13.1 Å². The monoisotopic (exact) mass is 707 g/mol. The third-order valence-corrected chi connectivity index (χ3v) is 10.5. The van der Waals surface area contributed by atoms with Crippen LogP contribution in [-0.4, -0.2) is 37.0 Å². The number of rotatable bonds is 36. The molecule has 6 heteroatoms. The summed E-state index contributed by atoms with van der Waals surface area (Å²) >= 11 is 0. The molecule has 0 aromatic carbocycles. The van der Waals surface area contributed by atoms with Crippen molar-refractivity contribution < 1.29 is 19.1 Å².